The fourth-order valence-corrected chi connectivity index (χ4v) is 1.36. The van der Waals surface area contributed by atoms with E-state index in [-0.39, 0.29) is 0 Å². The van der Waals surface area contributed by atoms with Crippen molar-refractivity contribution < 1.29 is 4.52 Å². The van der Waals surface area contributed by atoms with Crippen LogP contribution in [-0.4, -0.2) is 15.1 Å². The maximum absolute atomic E-state index is 5.27. The summed E-state index contributed by atoms with van der Waals surface area (Å²) in [5, 5.41) is 3.84. The predicted octanol–water partition coefficient (Wildman–Crippen LogP) is 1.03. The lowest BCUT2D eigenvalue weighted by Crippen LogP contribution is -2.09. The molecule has 78 valence electrons. The zero-order valence-electron chi connectivity index (χ0n) is 8.48. The van der Waals surface area contributed by atoms with Crippen molar-refractivity contribution in [3.05, 3.63) is 23.7 Å². The normalized spacial score (nSPS) is 10.3. The van der Waals surface area contributed by atoms with Crippen LogP contribution in [0.1, 0.15) is 11.5 Å². The summed E-state index contributed by atoms with van der Waals surface area (Å²) in [6, 6.07) is 1.68. The Hall–Kier alpha value is -1.95. The summed E-state index contributed by atoms with van der Waals surface area (Å²) < 4.78 is 5.04. The molecule has 6 heteroatoms. The molecule has 2 aromatic rings. The van der Waals surface area contributed by atoms with Crippen molar-refractivity contribution in [3.8, 4) is 11.4 Å². The van der Waals surface area contributed by atoms with E-state index in [9.17, 15) is 0 Å². The van der Waals surface area contributed by atoms with Gasteiger partial charge in [-0.05, 0) is 13.8 Å². The van der Waals surface area contributed by atoms with Crippen LogP contribution in [0.4, 0.5) is 5.82 Å². The Bertz CT molecular complexity index is 460. The number of hydrazine groups is 1. The molecule has 2 aromatic heterocycles. The Labute approximate surface area is 86.5 Å². The fourth-order valence-electron chi connectivity index (χ4n) is 1.36. The van der Waals surface area contributed by atoms with Crippen LogP contribution in [0.2, 0.25) is 0 Å². The first-order chi connectivity index (χ1) is 7.22. The third-order valence-corrected chi connectivity index (χ3v) is 2.06. The van der Waals surface area contributed by atoms with E-state index >= 15 is 0 Å². The molecule has 15 heavy (non-hydrogen) atoms. The van der Waals surface area contributed by atoms with Gasteiger partial charge in [0, 0.05) is 12.3 Å². The quantitative estimate of drug-likeness (QED) is 0.562. The topological polar surface area (TPSA) is 89.9 Å². The number of nitrogens with zero attached hydrogens (tertiary/aromatic N) is 3. The van der Waals surface area contributed by atoms with Crippen LogP contribution in [0.25, 0.3) is 11.4 Å². The molecule has 2 rings (SSSR count). The zero-order valence-corrected chi connectivity index (χ0v) is 8.48. The summed E-state index contributed by atoms with van der Waals surface area (Å²) in [4.78, 5) is 8.35. The molecule has 0 saturated carbocycles. The van der Waals surface area contributed by atoms with Crippen molar-refractivity contribution in [2.24, 2.45) is 5.84 Å². The second kappa shape index (κ2) is 3.66. The van der Waals surface area contributed by atoms with Crippen LogP contribution in [0, 0.1) is 13.8 Å². The van der Waals surface area contributed by atoms with E-state index in [1.807, 2.05) is 13.8 Å². The molecule has 0 aliphatic carbocycles. The van der Waals surface area contributed by atoms with Gasteiger partial charge in [-0.25, -0.2) is 15.8 Å². The van der Waals surface area contributed by atoms with Gasteiger partial charge in [-0.1, -0.05) is 5.16 Å². The third kappa shape index (κ3) is 1.66. The van der Waals surface area contributed by atoms with Crippen molar-refractivity contribution in [3.63, 3.8) is 0 Å². The summed E-state index contributed by atoms with van der Waals surface area (Å²) in [7, 11) is 0. The summed E-state index contributed by atoms with van der Waals surface area (Å²) in [5.74, 6) is 7.08. The van der Waals surface area contributed by atoms with Gasteiger partial charge >= 0.3 is 0 Å². The molecule has 0 radical (unpaired) electrons. The first kappa shape index (κ1) is 9.60. The summed E-state index contributed by atoms with van der Waals surface area (Å²) in [6.45, 7) is 3.67. The Morgan fingerprint density at radius 1 is 1.40 bits per heavy atom. The molecule has 0 amide bonds. The van der Waals surface area contributed by atoms with Gasteiger partial charge in [0.15, 0.2) is 5.82 Å². The maximum atomic E-state index is 5.27. The molecule has 0 atom stereocenters. The van der Waals surface area contributed by atoms with Gasteiger partial charge < -0.3 is 9.95 Å². The Balaban J connectivity index is 2.53. The van der Waals surface area contributed by atoms with Crippen LogP contribution in [-0.2, 0) is 0 Å². The van der Waals surface area contributed by atoms with Gasteiger partial charge in [-0.15, -0.1) is 0 Å². The molecule has 0 fully saturated rings. The molecule has 0 unspecified atom stereocenters. The number of nitrogen functional groups attached to an aromatic ring is 1. The van der Waals surface area contributed by atoms with Crippen molar-refractivity contribution in [1.29, 1.82) is 0 Å². The molecular weight excluding hydrogens is 194 g/mol. The van der Waals surface area contributed by atoms with Crippen molar-refractivity contribution in [1.82, 2.24) is 15.1 Å². The molecule has 0 aliphatic heterocycles. The van der Waals surface area contributed by atoms with Crippen LogP contribution in [0.15, 0.2) is 16.8 Å². The van der Waals surface area contributed by atoms with Gasteiger partial charge in [0.25, 0.3) is 0 Å². The smallest absolute Gasteiger partial charge is 0.167 e. The number of hydrogen-bond donors (Lipinski definition) is 2. The van der Waals surface area contributed by atoms with E-state index in [1.54, 1.807) is 12.3 Å². The average molecular weight is 205 g/mol. The Morgan fingerprint density at radius 2 is 2.20 bits per heavy atom. The lowest BCUT2D eigenvalue weighted by atomic mass is 10.2. The molecule has 6 nitrogen and oxygen atoms in total. The first-order valence-corrected chi connectivity index (χ1v) is 4.45. The molecule has 0 aromatic carbocycles. The second-order valence-corrected chi connectivity index (χ2v) is 3.11. The number of aromatic nitrogens is 3. The molecule has 0 saturated heterocycles. The number of nitrogens with one attached hydrogen (secondary N) is 1. The first-order valence-electron chi connectivity index (χ1n) is 4.45. The second-order valence-electron chi connectivity index (χ2n) is 3.11. The standard InChI is InChI=1S/C9H11N5O/c1-5-8(6(2)15-14-5)9-11-4-3-7(12-9)13-10/h3-4H,10H2,1-2H3,(H,11,12,13). The van der Waals surface area contributed by atoms with Crippen molar-refractivity contribution in [2.75, 3.05) is 5.43 Å². The Morgan fingerprint density at radius 3 is 2.80 bits per heavy atom. The van der Waals surface area contributed by atoms with Gasteiger partial charge in [0.05, 0.1) is 11.3 Å². The van der Waals surface area contributed by atoms with Gasteiger partial charge in [-0.3, -0.25) is 0 Å². The van der Waals surface area contributed by atoms with E-state index in [1.165, 1.54) is 0 Å². The Kier molecular flexibility index (Phi) is 2.34. The fraction of sp³-hybridized carbons (Fsp3) is 0.222. The minimum atomic E-state index is 0.556. The molecule has 0 spiro atoms. The van der Waals surface area contributed by atoms with Gasteiger partial charge in [-0.2, -0.15) is 0 Å². The van der Waals surface area contributed by atoms with E-state index in [4.69, 9.17) is 10.4 Å². The lowest BCUT2D eigenvalue weighted by molar-refractivity contribution is 0.393. The highest BCUT2D eigenvalue weighted by atomic mass is 16.5. The number of hydrogen-bond acceptors (Lipinski definition) is 6. The van der Waals surface area contributed by atoms with Crippen molar-refractivity contribution >= 4 is 5.82 Å². The molecule has 0 bridgehead atoms. The molecule has 2 heterocycles. The summed E-state index contributed by atoms with van der Waals surface area (Å²) in [5.41, 5.74) is 4.04. The summed E-state index contributed by atoms with van der Waals surface area (Å²) in [6.07, 6.45) is 1.63. The van der Waals surface area contributed by atoms with Crippen molar-refractivity contribution in [2.45, 2.75) is 13.8 Å². The van der Waals surface area contributed by atoms with Gasteiger partial charge in [0.1, 0.15) is 11.6 Å². The molecule has 0 aliphatic rings. The number of aryl methyl sites for hydroxylation is 2. The highest BCUT2D eigenvalue weighted by molar-refractivity contribution is 5.61. The average Bonchev–Trinajstić information content (AvgIpc) is 2.59. The third-order valence-electron chi connectivity index (χ3n) is 2.06. The van der Waals surface area contributed by atoms with Crippen LogP contribution < -0.4 is 11.3 Å². The van der Waals surface area contributed by atoms with E-state index in [0.717, 1.165) is 11.3 Å². The minimum absolute atomic E-state index is 0.556. The minimum Gasteiger partial charge on any atom is -0.361 e. The number of nitrogens with two attached hydrogens (primary N) is 1. The van der Waals surface area contributed by atoms with Crippen LogP contribution >= 0.6 is 0 Å². The molecule has 3 N–H and O–H groups in total. The number of anilines is 1. The zero-order chi connectivity index (χ0) is 10.8. The van der Waals surface area contributed by atoms with Gasteiger partial charge in [0.2, 0.25) is 0 Å². The number of rotatable bonds is 2. The predicted molar refractivity (Wildman–Crippen MR) is 54.8 cm³/mol. The SMILES string of the molecule is Cc1noc(C)c1-c1nccc(NN)n1. The van der Waals surface area contributed by atoms with E-state index in [0.29, 0.717) is 17.4 Å². The highest BCUT2D eigenvalue weighted by Crippen LogP contribution is 2.23. The van der Waals surface area contributed by atoms with Crippen LogP contribution in [0.5, 0.6) is 0 Å². The largest absolute Gasteiger partial charge is 0.361 e. The molecular formula is C9H11N5O. The lowest BCUT2D eigenvalue weighted by Gasteiger charge is -2.01. The monoisotopic (exact) mass is 205 g/mol. The maximum Gasteiger partial charge on any atom is 0.167 e. The van der Waals surface area contributed by atoms with E-state index < -0.39 is 0 Å². The van der Waals surface area contributed by atoms with E-state index in [2.05, 4.69) is 20.6 Å². The van der Waals surface area contributed by atoms with Crippen LogP contribution in [0.3, 0.4) is 0 Å². The highest BCUT2D eigenvalue weighted by Gasteiger charge is 2.14. The summed E-state index contributed by atoms with van der Waals surface area (Å²) >= 11 is 0.